The van der Waals surface area contributed by atoms with Gasteiger partial charge in [0.15, 0.2) is 6.29 Å². The Kier molecular flexibility index (Phi) is 4.75. The van der Waals surface area contributed by atoms with Crippen molar-refractivity contribution in [3.63, 3.8) is 0 Å². The lowest BCUT2D eigenvalue weighted by Crippen LogP contribution is -2.52. The minimum atomic E-state index is -0.571. The molecule has 8 heteroatoms. The molecule has 0 aliphatic carbocycles. The smallest absolute Gasteiger partial charge is 0.255 e. The van der Waals surface area contributed by atoms with Crippen LogP contribution in [0.4, 0.5) is 5.69 Å². The highest BCUT2D eigenvalue weighted by atomic mass is 16.7. The first-order valence-corrected chi connectivity index (χ1v) is 10.4. The molecule has 0 bridgehead atoms. The predicted molar refractivity (Wildman–Crippen MR) is 103 cm³/mol. The molecule has 5 rings (SSSR count). The Morgan fingerprint density at radius 2 is 1.76 bits per heavy atom. The number of ether oxygens (including phenoxy) is 2. The number of carbonyl (C=O) groups is 3. The fourth-order valence-corrected chi connectivity index (χ4v) is 4.84. The summed E-state index contributed by atoms with van der Waals surface area (Å²) in [6, 6.07) is 5.36. The van der Waals surface area contributed by atoms with Crippen molar-refractivity contribution in [1.82, 2.24) is 10.2 Å². The Morgan fingerprint density at radius 3 is 2.48 bits per heavy atom. The molecule has 4 heterocycles. The predicted octanol–water partition coefficient (Wildman–Crippen LogP) is 1.04. The van der Waals surface area contributed by atoms with Gasteiger partial charge in [0, 0.05) is 43.2 Å². The highest BCUT2D eigenvalue weighted by Gasteiger charge is 2.39. The molecule has 4 aliphatic rings. The normalized spacial score (nSPS) is 26.2. The number of rotatable bonds is 3. The van der Waals surface area contributed by atoms with Gasteiger partial charge in [0.2, 0.25) is 11.8 Å². The lowest BCUT2D eigenvalue weighted by molar-refractivity contribution is -0.136. The average Bonchev–Trinajstić information content (AvgIpc) is 3.37. The molecule has 0 aromatic heterocycles. The van der Waals surface area contributed by atoms with Gasteiger partial charge >= 0.3 is 0 Å². The number of imide groups is 1. The molecule has 29 heavy (non-hydrogen) atoms. The van der Waals surface area contributed by atoms with Gasteiger partial charge in [-0.3, -0.25) is 19.7 Å². The fraction of sp³-hybridized carbons (Fsp3) is 0.571. The average molecular weight is 399 g/mol. The Morgan fingerprint density at radius 1 is 1.00 bits per heavy atom. The molecule has 1 atom stereocenters. The van der Waals surface area contributed by atoms with Crippen molar-refractivity contribution in [3.8, 4) is 0 Å². The van der Waals surface area contributed by atoms with E-state index in [4.69, 9.17) is 9.47 Å². The van der Waals surface area contributed by atoms with E-state index in [1.807, 2.05) is 12.1 Å². The number of hydrogen-bond acceptors (Lipinski definition) is 6. The number of piperidine rings is 2. The molecular weight excluding hydrogens is 374 g/mol. The number of anilines is 1. The van der Waals surface area contributed by atoms with E-state index in [9.17, 15) is 14.4 Å². The van der Waals surface area contributed by atoms with Crippen LogP contribution >= 0.6 is 0 Å². The van der Waals surface area contributed by atoms with Crippen LogP contribution in [-0.2, 0) is 25.6 Å². The quantitative estimate of drug-likeness (QED) is 0.764. The molecular formula is C21H25N3O5. The fourth-order valence-electron chi connectivity index (χ4n) is 4.84. The highest BCUT2D eigenvalue weighted by Crippen LogP contribution is 2.33. The van der Waals surface area contributed by atoms with E-state index in [1.165, 1.54) is 0 Å². The van der Waals surface area contributed by atoms with Gasteiger partial charge in [0.25, 0.3) is 5.91 Å². The van der Waals surface area contributed by atoms with Crippen molar-refractivity contribution >= 4 is 23.4 Å². The lowest BCUT2D eigenvalue weighted by Gasteiger charge is -2.35. The van der Waals surface area contributed by atoms with Gasteiger partial charge in [0.1, 0.15) is 6.04 Å². The van der Waals surface area contributed by atoms with Crippen LogP contribution in [0.3, 0.4) is 0 Å². The maximum Gasteiger partial charge on any atom is 0.255 e. The van der Waals surface area contributed by atoms with Crippen molar-refractivity contribution in [2.24, 2.45) is 5.92 Å². The van der Waals surface area contributed by atoms with Gasteiger partial charge in [-0.25, -0.2) is 0 Å². The first kappa shape index (κ1) is 18.6. The van der Waals surface area contributed by atoms with Crippen molar-refractivity contribution in [2.75, 3.05) is 31.2 Å². The Bertz CT molecular complexity index is 843. The number of fused-ring (bicyclic) bond motifs is 1. The molecule has 1 aromatic rings. The van der Waals surface area contributed by atoms with Gasteiger partial charge in [-0.05, 0) is 43.0 Å². The zero-order valence-electron chi connectivity index (χ0n) is 16.3. The third-order valence-electron chi connectivity index (χ3n) is 6.44. The minimum Gasteiger partial charge on any atom is -0.372 e. The molecule has 1 N–H and O–H groups in total. The van der Waals surface area contributed by atoms with Gasteiger partial charge in [-0.15, -0.1) is 0 Å². The van der Waals surface area contributed by atoms with Crippen LogP contribution in [0.1, 0.15) is 41.6 Å². The molecule has 1 aromatic carbocycles. The number of nitrogens with zero attached hydrogens (tertiary/aromatic N) is 2. The Balaban J connectivity index is 1.26. The Hall–Kier alpha value is -2.45. The second-order valence-electron chi connectivity index (χ2n) is 8.18. The van der Waals surface area contributed by atoms with E-state index >= 15 is 0 Å². The molecule has 8 nitrogen and oxygen atoms in total. The number of hydrogen-bond donors (Lipinski definition) is 1. The van der Waals surface area contributed by atoms with E-state index in [2.05, 4.69) is 16.3 Å². The molecule has 3 fully saturated rings. The maximum absolute atomic E-state index is 12.8. The standard InChI is InChI=1S/C21H25N3O5/c25-18-4-3-17(19(26)22-18)24-12-14-11-15(1-2-16(14)20(24)27)23-7-5-13(6-8-23)21-28-9-10-29-21/h1-2,11,13,17,21H,3-10,12H2,(H,22,25,26). The van der Waals surface area contributed by atoms with Crippen LogP contribution in [0.5, 0.6) is 0 Å². The summed E-state index contributed by atoms with van der Waals surface area (Å²) in [6.45, 7) is 3.64. The van der Waals surface area contributed by atoms with E-state index in [0.717, 1.165) is 37.2 Å². The third-order valence-corrected chi connectivity index (χ3v) is 6.44. The van der Waals surface area contributed by atoms with E-state index in [1.54, 1.807) is 4.90 Å². The number of carbonyl (C=O) groups excluding carboxylic acids is 3. The minimum absolute atomic E-state index is 0.0585. The summed E-state index contributed by atoms with van der Waals surface area (Å²) in [5.41, 5.74) is 2.70. The van der Waals surface area contributed by atoms with Crippen LogP contribution in [0.2, 0.25) is 0 Å². The van der Waals surface area contributed by atoms with Gasteiger partial charge < -0.3 is 19.3 Å². The summed E-state index contributed by atoms with van der Waals surface area (Å²) in [6.07, 6.45) is 2.63. The van der Waals surface area contributed by atoms with Crippen LogP contribution in [0, 0.1) is 5.92 Å². The van der Waals surface area contributed by atoms with Crippen molar-refractivity contribution in [2.45, 2.75) is 44.6 Å². The van der Waals surface area contributed by atoms with Crippen LogP contribution in [-0.4, -0.2) is 61.3 Å². The Labute approximate surface area is 169 Å². The first-order chi connectivity index (χ1) is 14.1. The van der Waals surface area contributed by atoms with Gasteiger partial charge in [0.05, 0.1) is 13.2 Å². The second kappa shape index (κ2) is 7.42. The molecule has 0 radical (unpaired) electrons. The van der Waals surface area contributed by atoms with Crippen molar-refractivity contribution in [3.05, 3.63) is 29.3 Å². The zero-order chi connectivity index (χ0) is 20.0. The van der Waals surface area contributed by atoms with E-state index in [0.29, 0.717) is 37.7 Å². The second-order valence-corrected chi connectivity index (χ2v) is 8.18. The maximum atomic E-state index is 12.8. The summed E-state index contributed by atoms with van der Waals surface area (Å²) in [5, 5.41) is 2.34. The molecule has 0 saturated carbocycles. The SMILES string of the molecule is O=C1CCC(N2Cc3cc(N4CCC(C5OCCO5)CC4)ccc3C2=O)C(=O)N1. The topological polar surface area (TPSA) is 88.2 Å². The molecule has 3 saturated heterocycles. The van der Waals surface area contributed by atoms with Crippen molar-refractivity contribution < 1.29 is 23.9 Å². The van der Waals surface area contributed by atoms with Gasteiger partial charge in [-0.2, -0.15) is 0 Å². The van der Waals surface area contributed by atoms with Crippen LogP contribution < -0.4 is 10.2 Å². The molecule has 154 valence electrons. The summed E-state index contributed by atoms with van der Waals surface area (Å²) in [7, 11) is 0. The summed E-state index contributed by atoms with van der Waals surface area (Å²) in [5.74, 6) is -0.335. The highest BCUT2D eigenvalue weighted by molar-refractivity contribution is 6.05. The van der Waals surface area contributed by atoms with Gasteiger partial charge in [-0.1, -0.05) is 0 Å². The van der Waals surface area contributed by atoms with E-state index in [-0.39, 0.29) is 30.4 Å². The summed E-state index contributed by atoms with van der Waals surface area (Å²) < 4.78 is 11.3. The monoisotopic (exact) mass is 399 g/mol. The molecule has 3 amide bonds. The summed E-state index contributed by atoms with van der Waals surface area (Å²) >= 11 is 0. The number of amides is 3. The number of nitrogens with one attached hydrogen (secondary N) is 1. The molecule has 4 aliphatic heterocycles. The summed E-state index contributed by atoms with van der Waals surface area (Å²) in [4.78, 5) is 40.3. The van der Waals surface area contributed by atoms with Crippen molar-refractivity contribution in [1.29, 1.82) is 0 Å². The van der Waals surface area contributed by atoms with E-state index < -0.39 is 6.04 Å². The number of benzene rings is 1. The molecule has 0 spiro atoms. The largest absolute Gasteiger partial charge is 0.372 e. The zero-order valence-corrected chi connectivity index (χ0v) is 16.3. The van der Waals surface area contributed by atoms with Crippen LogP contribution in [0.15, 0.2) is 18.2 Å². The first-order valence-electron chi connectivity index (χ1n) is 10.4. The lowest BCUT2D eigenvalue weighted by atomic mass is 9.95. The van der Waals surface area contributed by atoms with Crippen LogP contribution in [0.25, 0.3) is 0 Å². The third kappa shape index (κ3) is 3.40. The molecule has 1 unspecified atom stereocenters.